The summed E-state index contributed by atoms with van der Waals surface area (Å²) in [7, 11) is 1.70. The molecule has 0 atom stereocenters. The lowest BCUT2D eigenvalue weighted by Crippen LogP contribution is -2.34. The zero-order valence-corrected chi connectivity index (χ0v) is 10.5. The molecule has 1 aliphatic rings. The van der Waals surface area contributed by atoms with Gasteiger partial charge in [-0.1, -0.05) is 18.7 Å². The maximum atomic E-state index is 5.34. The van der Waals surface area contributed by atoms with Gasteiger partial charge in [-0.05, 0) is 18.6 Å². The predicted octanol–water partition coefficient (Wildman–Crippen LogP) is 2.31. The molecule has 0 aliphatic carbocycles. The van der Waals surface area contributed by atoms with Crippen molar-refractivity contribution in [3.63, 3.8) is 0 Å². The summed E-state index contributed by atoms with van der Waals surface area (Å²) >= 11 is 0. The van der Waals surface area contributed by atoms with E-state index >= 15 is 0 Å². The number of ether oxygens (including phenoxy) is 2. The Morgan fingerprint density at radius 2 is 2.06 bits per heavy atom. The topological polar surface area (TPSA) is 21.7 Å². The fourth-order valence-corrected chi connectivity index (χ4v) is 2.02. The molecule has 1 fully saturated rings. The van der Waals surface area contributed by atoms with E-state index in [4.69, 9.17) is 9.47 Å². The third-order valence-corrected chi connectivity index (χ3v) is 3.13. The summed E-state index contributed by atoms with van der Waals surface area (Å²) in [5.41, 5.74) is 3.31. The monoisotopic (exact) mass is 233 g/mol. The molecule has 1 aromatic rings. The Hall–Kier alpha value is -1.48. The van der Waals surface area contributed by atoms with Crippen LogP contribution in [0.1, 0.15) is 11.1 Å². The summed E-state index contributed by atoms with van der Waals surface area (Å²) in [6, 6.07) is 6.21. The second-order valence-corrected chi connectivity index (χ2v) is 4.23. The molecule has 1 saturated heterocycles. The van der Waals surface area contributed by atoms with Gasteiger partial charge in [0.25, 0.3) is 0 Å². The lowest BCUT2D eigenvalue weighted by Gasteiger charge is -2.30. The minimum absolute atomic E-state index is 0.780. The molecule has 17 heavy (non-hydrogen) atoms. The maximum absolute atomic E-state index is 5.34. The second kappa shape index (κ2) is 5.23. The van der Waals surface area contributed by atoms with Gasteiger partial charge >= 0.3 is 0 Å². The van der Waals surface area contributed by atoms with Gasteiger partial charge < -0.3 is 14.4 Å². The van der Waals surface area contributed by atoms with Gasteiger partial charge in [0.2, 0.25) is 0 Å². The molecular formula is C14H19NO2. The molecule has 0 bridgehead atoms. The summed E-state index contributed by atoms with van der Waals surface area (Å²) in [6.45, 7) is 9.59. The SMILES string of the molecule is C=C(c1ccc(C)c(OC)c1)N1CCOCC1. The van der Waals surface area contributed by atoms with Gasteiger partial charge in [0.1, 0.15) is 5.75 Å². The van der Waals surface area contributed by atoms with E-state index in [1.165, 1.54) is 0 Å². The van der Waals surface area contributed by atoms with Crippen LogP contribution in [-0.4, -0.2) is 38.3 Å². The van der Waals surface area contributed by atoms with Crippen LogP contribution in [0, 0.1) is 6.92 Å². The van der Waals surface area contributed by atoms with E-state index < -0.39 is 0 Å². The molecule has 3 nitrogen and oxygen atoms in total. The average Bonchev–Trinajstić information content (AvgIpc) is 2.39. The minimum Gasteiger partial charge on any atom is -0.496 e. The zero-order valence-electron chi connectivity index (χ0n) is 10.5. The number of benzene rings is 1. The summed E-state index contributed by atoms with van der Waals surface area (Å²) in [6.07, 6.45) is 0. The van der Waals surface area contributed by atoms with Gasteiger partial charge in [-0.25, -0.2) is 0 Å². The highest BCUT2D eigenvalue weighted by atomic mass is 16.5. The first-order valence-corrected chi connectivity index (χ1v) is 5.89. The molecule has 0 aromatic heterocycles. The average molecular weight is 233 g/mol. The van der Waals surface area contributed by atoms with Gasteiger partial charge in [-0.3, -0.25) is 0 Å². The first-order chi connectivity index (χ1) is 8.22. The minimum atomic E-state index is 0.780. The first-order valence-electron chi connectivity index (χ1n) is 5.89. The zero-order chi connectivity index (χ0) is 12.3. The van der Waals surface area contributed by atoms with Crippen LogP contribution in [0.25, 0.3) is 5.70 Å². The van der Waals surface area contributed by atoms with Crippen molar-refractivity contribution in [2.24, 2.45) is 0 Å². The highest BCUT2D eigenvalue weighted by Crippen LogP contribution is 2.25. The molecule has 0 amide bonds. The van der Waals surface area contributed by atoms with Crippen LogP contribution in [0.5, 0.6) is 5.75 Å². The molecular weight excluding hydrogens is 214 g/mol. The number of methoxy groups -OCH3 is 1. The largest absolute Gasteiger partial charge is 0.496 e. The Bertz CT molecular complexity index is 409. The van der Waals surface area contributed by atoms with Crippen molar-refractivity contribution in [2.75, 3.05) is 33.4 Å². The molecule has 1 heterocycles. The predicted molar refractivity (Wildman–Crippen MR) is 69.2 cm³/mol. The maximum Gasteiger partial charge on any atom is 0.122 e. The van der Waals surface area contributed by atoms with Crippen molar-refractivity contribution in [1.29, 1.82) is 0 Å². The highest BCUT2D eigenvalue weighted by molar-refractivity contribution is 5.64. The Morgan fingerprint density at radius 1 is 1.35 bits per heavy atom. The molecule has 0 radical (unpaired) electrons. The van der Waals surface area contributed by atoms with Crippen LogP contribution in [0.3, 0.4) is 0 Å². The number of hydrogen-bond donors (Lipinski definition) is 0. The Morgan fingerprint density at radius 3 is 2.71 bits per heavy atom. The fourth-order valence-electron chi connectivity index (χ4n) is 2.02. The van der Waals surface area contributed by atoms with Crippen molar-refractivity contribution < 1.29 is 9.47 Å². The Labute approximate surface area is 103 Å². The van der Waals surface area contributed by atoms with Crippen LogP contribution in [0.2, 0.25) is 0 Å². The van der Waals surface area contributed by atoms with E-state index in [0.29, 0.717) is 0 Å². The fraction of sp³-hybridized carbons (Fsp3) is 0.429. The van der Waals surface area contributed by atoms with Gasteiger partial charge in [0, 0.05) is 24.4 Å². The first kappa shape index (κ1) is 12.0. The molecule has 1 aliphatic heterocycles. The van der Waals surface area contributed by atoms with E-state index in [9.17, 15) is 0 Å². The summed E-state index contributed by atoms with van der Waals surface area (Å²) in [5.74, 6) is 0.914. The van der Waals surface area contributed by atoms with Gasteiger partial charge in [-0.2, -0.15) is 0 Å². The van der Waals surface area contributed by atoms with Crippen molar-refractivity contribution in [3.8, 4) is 5.75 Å². The van der Waals surface area contributed by atoms with Crippen LogP contribution < -0.4 is 4.74 Å². The van der Waals surface area contributed by atoms with Crippen LogP contribution >= 0.6 is 0 Å². The van der Waals surface area contributed by atoms with E-state index in [0.717, 1.165) is 48.9 Å². The second-order valence-electron chi connectivity index (χ2n) is 4.23. The molecule has 0 saturated carbocycles. The highest BCUT2D eigenvalue weighted by Gasteiger charge is 2.14. The molecule has 0 unspecified atom stereocenters. The van der Waals surface area contributed by atoms with Crippen molar-refractivity contribution >= 4 is 5.70 Å². The van der Waals surface area contributed by atoms with Gasteiger partial charge in [0.05, 0.1) is 20.3 Å². The molecule has 3 heteroatoms. The third-order valence-electron chi connectivity index (χ3n) is 3.13. The standard InChI is InChI=1S/C14H19NO2/c1-11-4-5-13(10-14(11)16-3)12(2)15-6-8-17-9-7-15/h4-5,10H,2,6-9H2,1,3H3. The summed E-state index contributed by atoms with van der Waals surface area (Å²) in [5, 5.41) is 0. The van der Waals surface area contributed by atoms with Gasteiger partial charge in [0.15, 0.2) is 0 Å². The summed E-state index contributed by atoms with van der Waals surface area (Å²) in [4.78, 5) is 2.26. The molecule has 1 aromatic carbocycles. The van der Waals surface area contributed by atoms with E-state index in [1.807, 2.05) is 13.0 Å². The number of nitrogens with zero attached hydrogens (tertiary/aromatic N) is 1. The lowest BCUT2D eigenvalue weighted by molar-refractivity contribution is 0.0641. The number of hydrogen-bond acceptors (Lipinski definition) is 3. The lowest BCUT2D eigenvalue weighted by atomic mass is 10.1. The molecule has 0 N–H and O–H groups in total. The molecule has 2 rings (SSSR count). The smallest absolute Gasteiger partial charge is 0.122 e. The van der Waals surface area contributed by atoms with Crippen LogP contribution in [-0.2, 0) is 4.74 Å². The molecule has 92 valence electrons. The number of aryl methyl sites for hydroxylation is 1. The van der Waals surface area contributed by atoms with E-state index in [2.05, 4.69) is 23.6 Å². The van der Waals surface area contributed by atoms with Crippen molar-refractivity contribution in [1.82, 2.24) is 4.90 Å². The Kier molecular flexibility index (Phi) is 3.69. The normalized spacial score (nSPS) is 15.8. The van der Waals surface area contributed by atoms with E-state index in [-0.39, 0.29) is 0 Å². The third kappa shape index (κ3) is 2.61. The Balaban J connectivity index is 2.18. The van der Waals surface area contributed by atoms with E-state index in [1.54, 1.807) is 7.11 Å². The van der Waals surface area contributed by atoms with Crippen molar-refractivity contribution in [2.45, 2.75) is 6.92 Å². The van der Waals surface area contributed by atoms with Crippen LogP contribution in [0.15, 0.2) is 24.8 Å². The summed E-state index contributed by atoms with van der Waals surface area (Å²) < 4.78 is 10.7. The van der Waals surface area contributed by atoms with Crippen molar-refractivity contribution in [3.05, 3.63) is 35.9 Å². The quantitative estimate of drug-likeness (QED) is 0.799. The number of rotatable bonds is 3. The molecule has 0 spiro atoms. The van der Waals surface area contributed by atoms with Crippen LogP contribution in [0.4, 0.5) is 0 Å². The van der Waals surface area contributed by atoms with Gasteiger partial charge in [-0.15, -0.1) is 0 Å². The number of morpholine rings is 1.